The molecule has 1 unspecified atom stereocenters. The average Bonchev–Trinajstić information content (AvgIpc) is 3.10. The molecule has 0 fully saturated rings. The second-order valence-corrected chi connectivity index (χ2v) is 7.64. The lowest BCUT2D eigenvalue weighted by atomic mass is 9.98. The molecule has 2 N–H and O–H groups in total. The average molecular weight is 396 g/mol. The number of nitrogens with one attached hydrogen (secondary N) is 2. The number of benzene rings is 2. The van der Waals surface area contributed by atoms with Crippen LogP contribution in [0.5, 0.6) is 0 Å². The number of nitrogens with zero attached hydrogens (tertiary/aromatic N) is 1. The summed E-state index contributed by atoms with van der Waals surface area (Å²) < 4.78 is 5.94. The SMILES string of the molecule is CCC(C)c1ccc2oc(-c3cccc(NC(=S)NC(=O)C(C)C)c3)nc2c1. The third-order valence-electron chi connectivity index (χ3n) is 4.72. The first-order valence-corrected chi connectivity index (χ1v) is 9.91. The third-order valence-corrected chi connectivity index (χ3v) is 4.93. The van der Waals surface area contributed by atoms with E-state index in [0.29, 0.717) is 11.8 Å². The molecular formula is C22H25N3O2S. The van der Waals surface area contributed by atoms with Gasteiger partial charge in [-0.05, 0) is 60.5 Å². The molecule has 1 amide bonds. The molecule has 0 radical (unpaired) electrons. The summed E-state index contributed by atoms with van der Waals surface area (Å²) in [5.41, 5.74) is 4.47. The van der Waals surface area contributed by atoms with Gasteiger partial charge in [-0.1, -0.05) is 39.8 Å². The van der Waals surface area contributed by atoms with Crippen molar-refractivity contribution in [3.05, 3.63) is 48.0 Å². The maximum Gasteiger partial charge on any atom is 0.228 e. The minimum absolute atomic E-state index is 0.121. The number of anilines is 1. The van der Waals surface area contributed by atoms with E-state index in [1.165, 1.54) is 5.56 Å². The number of thiocarbonyl (C=S) groups is 1. The van der Waals surface area contributed by atoms with E-state index in [1.54, 1.807) is 0 Å². The van der Waals surface area contributed by atoms with Gasteiger partial charge in [0, 0.05) is 17.2 Å². The van der Waals surface area contributed by atoms with Crippen molar-refractivity contribution in [3.8, 4) is 11.5 Å². The Hall–Kier alpha value is -2.73. The van der Waals surface area contributed by atoms with E-state index >= 15 is 0 Å². The first-order chi connectivity index (χ1) is 13.4. The Morgan fingerprint density at radius 3 is 2.68 bits per heavy atom. The van der Waals surface area contributed by atoms with Crippen molar-refractivity contribution in [3.63, 3.8) is 0 Å². The summed E-state index contributed by atoms with van der Waals surface area (Å²) in [5.74, 6) is 0.784. The zero-order valence-corrected chi connectivity index (χ0v) is 17.4. The van der Waals surface area contributed by atoms with Crippen LogP contribution in [0.4, 0.5) is 5.69 Å². The normalized spacial score (nSPS) is 12.2. The summed E-state index contributed by atoms with van der Waals surface area (Å²) in [6, 6.07) is 13.8. The first-order valence-electron chi connectivity index (χ1n) is 9.50. The van der Waals surface area contributed by atoms with Gasteiger partial charge in [-0.15, -0.1) is 0 Å². The molecule has 3 rings (SSSR count). The molecule has 0 saturated heterocycles. The third kappa shape index (κ3) is 4.57. The quantitative estimate of drug-likeness (QED) is 0.560. The minimum Gasteiger partial charge on any atom is -0.436 e. The number of oxazole rings is 1. The highest BCUT2D eigenvalue weighted by Gasteiger charge is 2.12. The molecule has 6 heteroatoms. The number of fused-ring (bicyclic) bond motifs is 1. The molecular weight excluding hydrogens is 370 g/mol. The summed E-state index contributed by atoms with van der Waals surface area (Å²) in [5, 5.41) is 5.98. The van der Waals surface area contributed by atoms with Gasteiger partial charge in [-0.2, -0.15) is 0 Å². The van der Waals surface area contributed by atoms with Crippen molar-refractivity contribution in [2.24, 2.45) is 5.92 Å². The number of aromatic nitrogens is 1. The lowest BCUT2D eigenvalue weighted by Crippen LogP contribution is -2.36. The number of hydrogen-bond acceptors (Lipinski definition) is 4. The van der Waals surface area contributed by atoms with Gasteiger partial charge in [0.05, 0.1) is 0 Å². The maximum absolute atomic E-state index is 11.8. The van der Waals surface area contributed by atoms with Crippen LogP contribution in [-0.4, -0.2) is 16.0 Å². The number of carbonyl (C=O) groups excluding carboxylic acids is 1. The zero-order valence-electron chi connectivity index (χ0n) is 16.6. The molecule has 1 heterocycles. The monoisotopic (exact) mass is 395 g/mol. The Bertz CT molecular complexity index is 1010. The summed E-state index contributed by atoms with van der Waals surface area (Å²) in [6.07, 6.45) is 1.08. The van der Waals surface area contributed by atoms with Crippen LogP contribution >= 0.6 is 12.2 Å². The predicted molar refractivity (Wildman–Crippen MR) is 117 cm³/mol. The molecule has 0 aliphatic carbocycles. The van der Waals surface area contributed by atoms with E-state index in [1.807, 2.05) is 44.2 Å². The van der Waals surface area contributed by atoms with Crippen LogP contribution in [-0.2, 0) is 4.79 Å². The van der Waals surface area contributed by atoms with Gasteiger partial charge in [0.15, 0.2) is 10.7 Å². The van der Waals surface area contributed by atoms with E-state index in [9.17, 15) is 4.79 Å². The Morgan fingerprint density at radius 1 is 1.18 bits per heavy atom. The highest BCUT2D eigenvalue weighted by atomic mass is 32.1. The largest absolute Gasteiger partial charge is 0.436 e. The first kappa shape index (κ1) is 20.0. The topological polar surface area (TPSA) is 67.2 Å². The fraction of sp³-hybridized carbons (Fsp3) is 0.318. The molecule has 1 atom stereocenters. The van der Waals surface area contributed by atoms with Crippen LogP contribution in [0.25, 0.3) is 22.6 Å². The molecule has 28 heavy (non-hydrogen) atoms. The maximum atomic E-state index is 11.8. The van der Waals surface area contributed by atoms with Gasteiger partial charge >= 0.3 is 0 Å². The molecule has 5 nitrogen and oxygen atoms in total. The van der Waals surface area contributed by atoms with Crippen LogP contribution in [0.3, 0.4) is 0 Å². The Labute approximate surface area is 170 Å². The lowest BCUT2D eigenvalue weighted by Gasteiger charge is -2.11. The molecule has 146 valence electrons. The second-order valence-electron chi connectivity index (χ2n) is 7.23. The number of hydrogen-bond donors (Lipinski definition) is 2. The number of rotatable bonds is 5. The van der Waals surface area contributed by atoms with E-state index < -0.39 is 0 Å². The molecule has 0 aliphatic rings. The molecule has 2 aromatic carbocycles. The van der Waals surface area contributed by atoms with Crippen molar-refractivity contribution in [2.45, 2.75) is 40.0 Å². The molecule has 0 spiro atoms. The van der Waals surface area contributed by atoms with Crippen LogP contribution in [0.1, 0.15) is 45.6 Å². The highest BCUT2D eigenvalue weighted by molar-refractivity contribution is 7.80. The summed E-state index contributed by atoms with van der Waals surface area (Å²) in [7, 11) is 0. The fourth-order valence-corrected chi connectivity index (χ4v) is 2.98. The van der Waals surface area contributed by atoms with Gasteiger partial charge in [0.1, 0.15) is 5.52 Å². The second kappa shape index (κ2) is 8.52. The van der Waals surface area contributed by atoms with Crippen LogP contribution in [0, 0.1) is 5.92 Å². The predicted octanol–water partition coefficient (Wildman–Crippen LogP) is 5.48. The fourth-order valence-electron chi connectivity index (χ4n) is 2.76. The van der Waals surface area contributed by atoms with E-state index in [4.69, 9.17) is 16.6 Å². The van der Waals surface area contributed by atoms with Gasteiger partial charge in [0.25, 0.3) is 0 Å². The minimum atomic E-state index is -0.133. The summed E-state index contributed by atoms with van der Waals surface area (Å²) >= 11 is 5.21. The molecule has 0 bridgehead atoms. The van der Waals surface area contributed by atoms with E-state index in [-0.39, 0.29) is 16.9 Å². The van der Waals surface area contributed by atoms with Crippen LogP contribution in [0.15, 0.2) is 46.9 Å². The Kier molecular flexibility index (Phi) is 6.09. The molecule has 0 aliphatic heterocycles. The van der Waals surface area contributed by atoms with Crippen molar-refractivity contribution < 1.29 is 9.21 Å². The van der Waals surface area contributed by atoms with Gasteiger partial charge in [0.2, 0.25) is 11.8 Å². The Morgan fingerprint density at radius 2 is 1.96 bits per heavy atom. The number of carbonyl (C=O) groups is 1. The lowest BCUT2D eigenvalue weighted by molar-refractivity contribution is -0.122. The van der Waals surface area contributed by atoms with Crippen molar-refractivity contribution in [2.75, 3.05) is 5.32 Å². The van der Waals surface area contributed by atoms with Crippen molar-refractivity contribution in [1.82, 2.24) is 10.3 Å². The van der Waals surface area contributed by atoms with Crippen LogP contribution in [0.2, 0.25) is 0 Å². The van der Waals surface area contributed by atoms with Gasteiger partial charge in [-0.3, -0.25) is 4.79 Å². The van der Waals surface area contributed by atoms with Gasteiger partial charge < -0.3 is 15.1 Å². The van der Waals surface area contributed by atoms with Gasteiger partial charge in [-0.25, -0.2) is 4.98 Å². The van der Waals surface area contributed by atoms with E-state index in [2.05, 4.69) is 41.6 Å². The summed E-state index contributed by atoms with van der Waals surface area (Å²) in [4.78, 5) is 16.4. The smallest absolute Gasteiger partial charge is 0.228 e. The molecule has 3 aromatic rings. The zero-order chi connectivity index (χ0) is 20.3. The summed E-state index contributed by atoms with van der Waals surface area (Å²) in [6.45, 7) is 8.02. The van der Waals surface area contributed by atoms with E-state index in [0.717, 1.165) is 28.8 Å². The molecule has 1 aromatic heterocycles. The number of amides is 1. The molecule has 0 saturated carbocycles. The Balaban J connectivity index is 1.81. The standard InChI is InChI=1S/C22H25N3O2S/c1-5-14(4)15-9-10-19-18(12-15)24-21(27-19)16-7-6-8-17(11-16)23-22(28)25-20(26)13(2)3/h6-14H,5H2,1-4H3,(H2,23,25,26,28). The van der Waals surface area contributed by atoms with Crippen LogP contribution < -0.4 is 10.6 Å². The van der Waals surface area contributed by atoms with Crippen molar-refractivity contribution >= 4 is 40.0 Å². The van der Waals surface area contributed by atoms with Crippen molar-refractivity contribution in [1.29, 1.82) is 0 Å². The highest BCUT2D eigenvalue weighted by Crippen LogP contribution is 2.29.